The lowest BCUT2D eigenvalue weighted by molar-refractivity contribution is 0.129. The van der Waals surface area contributed by atoms with Crippen molar-refractivity contribution in [1.82, 2.24) is 9.97 Å². The Morgan fingerprint density at radius 1 is 1.16 bits per heavy atom. The standard InChI is InChI=1S/C15H23ClN2O/c1-10-5-7-11(8-6-10)19-13-9-12(16)17-14(18-13)15(2,3)4/h9-11H,5-8H2,1-4H3. The first-order chi connectivity index (χ1) is 8.84. The molecule has 1 aromatic heterocycles. The Kier molecular flexibility index (Phi) is 4.34. The average Bonchev–Trinajstić information content (AvgIpc) is 2.30. The van der Waals surface area contributed by atoms with E-state index in [4.69, 9.17) is 16.3 Å². The molecule has 1 aliphatic rings. The van der Waals surface area contributed by atoms with E-state index < -0.39 is 0 Å². The minimum absolute atomic E-state index is 0.121. The summed E-state index contributed by atoms with van der Waals surface area (Å²) in [6.07, 6.45) is 4.95. The van der Waals surface area contributed by atoms with Crippen LogP contribution >= 0.6 is 11.6 Å². The Hall–Kier alpha value is -0.830. The maximum Gasteiger partial charge on any atom is 0.218 e. The molecule has 0 atom stereocenters. The number of hydrogen-bond donors (Lipinski definition) is 0. The fourth-order valence-corrected chi connectivity index (χ4v) is 2.48. The Morgan fingerprint density at radius 2 is 1.79 bits per heavy atom. The van der Waals surface area contributed by atoms with Gasteiger partial charge in [0.15, 0.2) is 0 Å². The molecule has 0 spiro atoms. The molecule has 0 aliphatic heterocycles. The van der Waals surface area contributed by atoms with Crippen LogP contribution in [-0.4, -0.2) is 16.1 Å². The molecular weight excluding hydrogens is 260 g/mol. The highest BCUT2D eigenvalue weighted by Crippen LogP contribution is 2.28. The summed E-state index contributed by atoms with van der Waals surface area (Å²) in [4.78, 5) is 8.78. The van der Waals surface area contributed by atoms with E-state index in [1.807, 2.05) is 0 Å². The molecule has 0 N–H and O–H groups in total. The van der Waals surface area contributed by atoms with Gasteiger partial charge in [-0.3, -0.25) is 0 Å². The van der Waals surface area contributed by atoms with E-state index in [9.17, 15) is 0 Å². The summed E-state index contributed by atoms with van der Waals surface area (Å²) in [6.45, 7) is 8.52. The van der Waals surface area contributed by atoms with Crippen molar-refractivity contribution in [2.45, 2.75) is 64.9 Å². The maximum atomic E-state index is 6.07. The van der Waals surface area contributed by atoms with Gasteiger partial charge < -0.3 is 4.74 Å². The van der Waals surface area contributed by atoms with Gasteiger partial charge in [0.1, 0.15) is 17.1 Å². The van der Waals surface area contributed by atoms with E-state index >= 15 is 0 Å². The highest BCUT2D eigenvalue weighted by Gasteiger charge is 2.22. The second-order valence-electron chi connectivity index (χ2n) is 6.60. The van der Waals surface area contributed by atoms with Gasteiger partial charge in [-0.25, -0.2) is 4.98 Å². The number of halogens is 1. The quantitative estimate of drug-likeness (QED) is 0.755. The lowest BCUT2D eigenvalue weighted by Gasteiger charge is -2.27. The Balaban J connectivity index is 2.10. The summed E-state index contributed by atoms with van der Waals surface area (Å²) >= 11 is 6.07. The molecular formula is C15H23ClN2O. The molecule has 0 aromatic carbocycles. The monoisotopic (exact) mass is 282 g/mol. The molecule has 1 saturated carbocycles. The summed E-state index contributed by atoms with van der Waals surface area (Å²) in [5, 5.41) is 0.458. The molecule has 1 aliphatic carbocycles. The number of aromatic nitrogens is 2. The van der Waals surface area contributed by atoms with Crippen LogP contribution in [-0.2, 0) is 5.41 Å². The summed E-state index contributed by atoms with van der Waals surface area (Å²) in [7, 11) is 0. The first kappa shape index (κ1) is 14.6. The molecule has 19 heavy (non-hydrogen) atoms. The van der Waals surface area contributed by atoms with Crippen LogP contribution in [0.15, 0.2) is 6.07 Å². The van der Waals surface area contributed by atoms with Crippen LogP contribution in [0.25, 0.3) is 0 Å². The topological polar surface area (TPSA) is 35.0 Å². The first-order valence-corrected chi connectivity index (χ1v) is 7.44. The minimum atomic E-state index is -0.121. The summed E-state index contributed by atoms with van der Waals surface area (Å²) in [5.41, 5.74) is -0.121. The summed E-state index contributed by atoms with van der Waals surface area (Å²) in [6, 6.07) is 1.72. The molecule has 2 rings (SSSR count). The van der Waals surface area contributed by atoms with Crippen molar-refractivity contribution in [2.75, 3.05) is 0 Å². The van der Waals surface area contributed by atoms with E-state index in [1.165, 1.54) is 12.8 Å². The van der Waals surface area contributed by atoms with Crippen molar-refractivity contribution >= 4 is 11.6 Å². The van der Waals surface area contributed by atoms with Crippen LogP contribution in [0.3, 0.4) is 0 Å². The molecule has 4 heteroatoms. The fourth-order valence-electron chi connectivity index (χ4n) is 2.31. The first-order valence-electron chi connectivity index (χ1n) is 7.06. The highest BCUT2D eigenvalue weighted by molar-refractivity contribution is 6.29. The minimum Gasteiger partial charge on any atom is -0.474 e. The van der Waals surface area contributed by atoms with Crippen molar-refractivity contribution in [1.29, 1.82) is 0 Å². The molecule has 0 unspecified atom stereocenters. The molecule has 1 aromatic rings. The van der Waals surface area contributed by atoms with Gasteiger partial charge in [-0.15, -0.1) is 0 Å². The molecule has 3 nitrogen and oxygen atoms in total. The highest BCUT2D eigenvalue weighted by atomic mass is 35.5. The zero-order chi connectivity index (χ0) is 14.0. The van der Waals surface area contributed by atoms with Gasteiger partial charge in [0.2, 0.25) is 5.88 Å². The predicted molar refractivity (Wildman–Crippen MR) is 77.8 cm³/mol. The fraction of sp³-hybridized carbons (Fsp3) is 0.733. The molecule has 1 heterocycles. The van der Waals surface area contributed by atoms with Crippen molar-refractivity contribution < 1.29 is 4.74 Å². The van der Waals surface area contributed by atoms with Gasteiger partial charge in [-0.2, -0.15) is 4.98 Å². The van der Waals surface area contributed by atoms with Gasteiger partial charge in [0, 0.05) is 11.5 Å². The van der Waals surface area contributed by atoms with Crippen LogP contribution in [0.1, 0.15) is 59.2 Å². The largest absolute Gasteiger partial charge is 0.474 e. The Morgan fingerprint density at radius 3 is 2.37 bits per heavy atom. The lowest BCUT2D eigenvalue weighted by atomic mass is 9.89. The number of nitrogens with zero attached hydrogens (tertiary/aromatic N) is 2. The zero-order valence-electron chi connectivity index (χ0n) is 12.2. The summed E-state index contributed by atoms with van der Waals surface area (Å²) < 4.78 is 5.98. The molecule has 0 radical (unpaired) electrons. The smallest absolute Gasteiger partial charge is 0.218 e. The lowest BCUT2D eigenvalue weighted by Crippen LogP contribution is -2.24. The number of rotatable bonds is 2. The second kappa shape index (κ2) is 5.66. The van der Waals surface area contributed by atoms with E-state index in [-0.39, 0.29) is 11.5 Å². The molecule has 0 amide bonds. The van der Waals surface area contributed by atoms with Crippen molar-refractivity contribution in [3.05, 3.63) is 17.0 Å². The third kappa shape index (κ3) is 4.07. The van der Waals surface area contributed by atoms with Crippen LogP contribution in [0.2, 0.25) is 5.15 Å². The number of hydrogen-bond acceptors (Lipinski definition) is 3. The Bertz CT molecular complexity index is 434. The molecule has 1 fully saturated rings. The summed E-state index contributed by atoms with van der Waals surface area (Å²) in [5.74, 6) is 2.17. The van der Waals surface area contributed by atoms with E-state index in [1.54, 1.807) is 6.07 Å². The predicted octanol–water partition coefficient (Wildman–Crippen LogP) is 4.39. The van der Waals surface area contributed by atoms with Gasteiger partial charge in [-0.05, 0) is 31.6 Å². The Labute approximate surface area is 120 Å². The normalized spacial score (nSPS) is 24.3. The van der Waals surface area contributed by atoms with Crippen molar-refractivity contribution in [2.24, 2.45) is 5.92 Å². The third-order valence-electron chi connectivity index (χ3n) is 3.59. The van der Waals surface area contributed by atoms with Gasteiger partial charge >= 0.3 is 0 Å². The van der Waals surface area contributed by atoms with Crippen LogP contribution in [0.5, 0.6) is 5.88 Å². The van der Waals surface area contributed by atoms with Crippen molar-refractivity contribution in [3.8, 4) is 5.88 Å². The van der Waals surface area contributed by atoms with Crippen LogP contribution in [0, 0.1) is 5.92 Å². The SMILES string of the molecule is CC1CCC(Oc2cc(Cl)nc(C(C)(C)C)n2)CC1. The van der Waals surface area contributed by atoms with Gasteiger partial charge in [0.25, 0.3) is 0 Å². The van der Waals surface area contributed by atoms with Crippen molar-refractivity contribution in [3.63, 3.8) is 0 Å². The second-order valence-corrected chi connectivity index (χ2v) is 6.99. The van der Waals surface area contributed by atoms with Crippen LogP contribution in [0.4, 0.5) is 0 Å². The van der Waals surface area contributed by atoms with Gasteiger partial charge in [-0.1, -0.05) is 39.3 Å². The third-order valence-corrected chi connectivity index (χ3v) is 3.79. The van der Waals surface area contributed by atoms with E-state index in [0.29, 0.717) is 11.0 Å². The maximum absolute atomic E-state index is 6.07. The van der Waals surface area contributed by atoms with E-state index in [2.05, 4.69) is 37.7 Å². The molecule has 0 saturated heterocycles. The zero-order valence-corrected chi connectivity index (χ0v) is 13.0. The number of ether oxygens (including phenoxy) is 1. The van der Waals surface area contributed by atoms with Crippen LogP contribution < -0.4 is 4.74 Å². The van der Waals surface area contributed by atoms with E-state index in [0.717, 1.165) is 24.6 Å². The molecule has 0 bridgehead atoms. The molecule has 106 valence electrons. The van der Waals surface area contributed by atoms with Gasteiger partial charge in [0.05, 0.1) is 0 Å². The average molecular weight is 283 g/mol.